The Kier molecular flexibility index (Phi) is 7.20. The van der Waals surface area contributed by atoms with Crippen molar-refractivity contribution >= 4 is 0 Å². The summed E-state index contributed by atoms with van der Waals surface area (Å²) in [6.45, 7) is 12.4. The van der Waals surface area contributed by atoms with E-state index >= 15 is 0 Å². The highest BCUT2D eigenvalue weighted by Gasteiger charge is 2.17. The van der Waals surface area contributed by atoms with Gasteiger partial charge in [-0.05, 0) is 57.9 Å². The number of methoxy groups -OCH3 is 1. The van der Waals surface area contributed by atoms with Crippen molar-refractivity contribution in [3.05, 3.63) is 29.3 Å². The highest BCUT2D eigenvalue weighted by molar-refractivity contribution is 5.38. The average molecular weight is 293 g/mol. The highest BCUT2D eigenvalue weighted by Crippen LogP contribution is 2.26. The largest absolute Gasteiger partial charge is 0.496 e. The van der Waals surface area contributed by atoms with Gasteiger partial charge in [0.25, 0.3) is 0 Å². The molecule has 120 valence electrons. The molecule has 1 aromatic carbocycles. The second-order valence-corrected chi connectivity index (χ2v) is 6.15. The number of hydrogen-bond acceptors (Lipinski definition) is 3. The van der Waals surface area contributed by atoms with E-state index < -0.39 is 0 Å². The molecule has 1 unspecified atom stereocenters. The van der Waals surface area contributed by atoms with Gasteiger partial charge < -0.3 is 14.8 Å². The topological polar surface area (TPSA) is 30.5 Å². The molecule has 0 aromatic heterocycles. The lowest BCUT2D eigenvalue weighted by Crippen LogP contribution is -2.23. The summed E-state index contributed by atoms with van der Waals surface area (Å²) in [4.78, 5) is 0. The number of rotatable bonds is 9. The first-order valence-corrected chi connectivity index (χ1v) is 7.97. The minimum atomic E-state index is -0.104. The molecule has 0 heterocycles. The molecule has 0 aliphatic rings. The zero-order valence-electron chi connectivity index (χ0n) is 14.5. The van der Waals surface area contributed by atoms with E-state index in [0.717, 1.165) is 30.7 Å². The Balaban J connectivity index is 2.85. The van der Waals surface area contributed by atoms with Crippen LogP contribution in [-0.2, 0) is 11.3 Å². The maximum absolute atomic E-state index is 6.02. The van der Waals surface area contributed by atoms with Crippen molar-refractivity contribution in [3.63, 3.8) is 0 Å². The van der Waals surface area contributed by atoms with E-state index in [-0.39, 0.29) is 5.60 Å². The zero-order valence-corrected chi connectivity index (χ0v) is 14.5. The second kappa shape index (κ2) is 8.40. The number of nitrogens with one attached hydrogen (secondary N) is 1. The van der Waals surface area contributed by atoms with Gasteiger partial charge in [0.15, 0.2) is 0 Å². The number of hydrogen-bond donors (Lipinski definition) is 1. The molecule has 3 nitrogen and oxygen atoms in total. The van der Waals surface area contributed by atoms with Crippen molar-refractivity contribution in [2.45, 2.75) is 65.7 Å². The molecule has 0 spiro atoms. The molecule has 0 saturated heterocycles. The zero-order chi connectivity index (χ0) is 15.9. The Hall–Kier alpha value is -1.06. The van der Waals surface area contributed by atoms with E-state index in [4.69, 9.17) is 9.47 Å². The van der Waals surface area contributed by atoms with Gasteiger partial charge in [-0.2, -0.15) is 0 Å². The molecule has 0 aliphatic heterocycles. The fourth-order valence-corrected chi connectivity index (χ4v) is 2.03. The van der Waals surface area contributed by atoms with Crippen LogP contribution in [0.3, 0.4) is 0 Å². The van der Waals surface area contributed by atoms with Crippen molar-refractivity contribution in [1.29, 1.82) is 0 Å². The summed E-state index contributed by atoms with van der Waals surface area (Å²) in [7, 11) is 1.71. The average Bonchev–Trinajstić information content (AvgIpc) is 2.50. The van der Waals surface area contributed by atoms with Crippen molar-refractivity contribution in [3.8, 4) is 5.75 Å². The molecule has 0 saturated carbocycles. The molecule has 0 radical (unpaired) electrons. The first kappa shape index (κ1) is 18.0. The van der Waals surface area contributed by atoms with Gasteiger partial charge in [0.2, 0.25) is 0 Å². The molecule has 1 aromatic rings. The van der Waals surface area contributed by atoms with Crippen LogP contribution in [-0.4, -0.2) is 19.3 Å². The third kappa shape index (κ3) is 5.68. The monoisotopic (exact) mass is 293 g/mol. The van der Waals surface area contributed by atoms with Crippen molar-refractivity contribution in [2.75, 3.05) is 13.7 Å². The Morgan fingerprint density at radius 2 is 1.95 bits per heavy atom. The predicted octanol–water partition coefficient (Wildman–Crippen LogP) is 4.46. The van der Waals surface area contributed by atoms with Crippen LogP contribution in [0.25, 0.3) is 0 Å². The molecule has 0 aliphatic carbocycles. The second-order valence-electron chi connectivity index (χ2n) is 6.15. The van der Waals surface area contributed by atoms with Crippen LogP contribution in [0, 0.1) is 0 Å². The summed E-state index contributed by atoms with van der Waals surface area (Å²) in [5, 5.41) is 3.52. The predicted molar refractivity (Wildman–Crippen MR) is 88.9 cm³/mol. The van der Waals surface area contributed by atoms with Gasteiger partial charge in [-0.25, -0.2) is 0 Å². The van der Waals surface area contributed by atoms with Crippen molar-refractivity contribution in [2.24, 2.45) is 0 Å². The Labute approximate surface area is 130 Å². The maximum atomic E-state index is 6.02. The Morgan fingerprint density at radius 3 is 2.52 bits per heavy atom. The SMILES string of the molecule is CCCNC(C)c1ccc(OC)c(COC(C)(C)CC)c1. The molecule has 0 bridgehead atoms. The summed E-state index contributed by atoms with van der Waals surface area (Å²) in [6, 6.07) is 6.70. The maximum Gasteiger partial charge on any atom is 0.124 e. The van der Waals surface area contributed by atoms with Gasteiger partial charge in [0.1, 0.15) is 5.75 Å². The van der Waals surface area contributed by atoms with E-state index in [1.165, 1.54) is 5.56 Å². The molecule has 1 atom stereocenters. The van der Waals surface area contributed by atoms with Crippen molar-refractivity contribution in [1.82, 2.24) is 5.32 Å². The summed E-state index contributed by atoms with van der Waals surface area (Å²) in [5.41, 5.74) is 2.28. The summed E-state index contributed by atoms with van der Waals surface area (Å²) in [5.74, 6) is 0.897. The molecule has 1 N–H and O–H groups in total. The van der Waals surface area contributed by atoms with Crippen LogP contribution in [0.4, 0.5) is 0 Å². The lowest BCUT2D eigenvalue weighted by atomic mass is 10.0. The third-order valence-electron chi connectivity index (χ3n) is 3.97. The molecular formula is C18H31NO2. The first-order valence-electron chi connectivity index (χ1n) is 7.97. The van der Waals surface area contributed by atoms with Crippen LogP contribution < -0.4 is 10.1 Å². The summed E-state index contributed by atoms with van der Waals surface area (Å²) >= 11 is 0. The molecule has 1 rings (SSSR count). The van der Waals surface area contributed by atoms with Gasteiger partial charge in [-0.15, -0.1) is 0 Å². The third-order valence-corrected chi connectivity index (χ3v) is 3.97. The van der Waals surface area contributed by atoms with E-state index in [0.29, 0.717) is 12.6 Å². The van der Waals surface area contributed by atoms with Gasteiger partial charge in [0.05, 0.1) is 19.3 Å². The van der Waals surface area contributed by atoms with Crippen LogP contribution in [0.1, 0.15) is 64.6 Å². The number of ether oxygens (including phenoxy) is 2. The number of benzene rings is 1. The lowest BCUT2D eigenvalue weighted by Gasteiger charge is -2.24. The fraction of sp³-hybridized carbons (Fsp3) is 0.667. The Bertz CT molecular complexity index is 429. The molecule has 0 amide bonds. The molecule has 3 heteroatoms. The van der Waals surface area contributed by atoms with Crippen LogP contribution in [0.15, 0.2) is 18.2 Å². The van der Waals surface area contributed by atoms with Crippen LogP contribution in [0.2, 0.25) is 0 Å². The summed E-state index contributed by atoms with van der Waals surface area (Å²) < 4.78 is 11.5. The normalized spacial score (nSPS) is 13.2. The van der Waals surface area contributed by atoms with Crippen LogP contribution >= 0.6 is 0 Å². The van der Waals surface area contributed by atoms with Gasteiger partial charge in [0, 0.05) is 11.6 Å². The molecular weight excluding hydrogens is 262 g/mol. The van der Waals surface area contributed by atoms with E-state index in [1.807, 2.05) is 6.07 Å². The first-order chi connectivity index (χ1) is 9.93. The van der Waals surface area contributed by atoms with E-state index in [2.05, 4.69) is 52.1 Å². The minimum absolute atomic E-state index is 0.104. The summed E-state index contributed by atoms with van der Waals surface area (Å²) in [6.07, 6.45) is 2.13. The smallest absolute Gasteiger partial charge is 0.124 e. The van der Waals surface area contributed by atoms with Gasteiger partial charge >= 0.3 is 0 Å². The highest BCUT2D eigenvalue weighted by atomic mass is 16.5. The molecule has 21 heavy (non-hydrogen) atoms. The van der Waals surface area contributed by atoms with E-state index in [1.54, 1.807) is 7.11 Å². The molecule has 0 fully saturated rings. The van der Waals surface area contributed by atoms with E-state index in [9.17, 15) is 0 Å². The van der Waals surface area contributed by atoms with Gasteiger partial charge in [-0.1, -0.05) is 19.9 Å². The fourth-order valence-electron chi connectivity index (χ4n) is 2.03. The Morgan fingerprint density at radius 1 is 1.24 bits per heavy atom. The van der Waals surface area contributed by atoms with Crippen molar-refractivity contribution < 1.29 is 9.47 Å². The minimum Gasteiger partial charge on any atom is -0.496 e. The lowest BCUT2D eigenvalue weighted by molar-refractivity contribution is -0.0322. The van der Waals surface area contributed by atoms with Crippen LogP contribution in [0.5, 0.6) is 5.75 Å². The van der Waals surface area contributed by atoms with Gasteiger partial charge in [-0.3, -0.25) is 0 Å². The standard InChI is InChI=1S/C18H31NO2/c1-7-11-19-14(3)15-9-10-17(20-6)16(12-15)13-21-18(4,5)8-2/h9-10,12,14,19H,7-8,11,13H2,1-6H3. The quantitative estimate of drug-likeness (QED) is 0.729.